The summed E-state index contributed by atoms with van der Waals surface area (Å²) in [6, 6.07) is -0.444. The van der Waals surface area contributed by atoms with Gasteiger partial charge in [0.1, 0.15) is 6.04 Å². The lowest BCUT2D eigenvalue weighted by atomic mass is 10.0. The summed E-state index contributed by atoms with van der Waals surface area (Å²) in [5.41, 5.74) is 0. The molecule has 0 rings (SSSR count). The Labute approximate surface area is 116 Å². The van der Waals surface area contributed by atoms with Gasteiger partial charge < -0.3 is 16.0 Å². The predicted octanol–water partition coefficient (Wildman–Crippen LogP) is 0.899. The molecule has 1 atom stereocenters. The number of rotatable bonds is 9. The van der Waals surface area contributed by atoms with Crippen LogP contribution in [-0.2, 0) is 9.59 Å². The molecule has 112 valence electrons. The van der Waals surface area contributed by atoms with Crippen molar-refractivity contribution in [3.8, 4) is 0 Å². The highest BCUT2D eigenvalue weighted by atomic mass is 16.2. The molecule has 0 aromatic heterocycles. The van der Waals surface area contributed by atoms with Gasteiger partial charge in [0.05, 0.1) is 0 Å². The summed E-state index contributed by atoms with van der Waals surface area (Å²) in [6.07, 6.45) is 1.34. The lowest BCUT2D eigenvalue weighted by Gasteiger charge is -2.22. The zero-order valence-electron chi connectivity index (χ0n) is 12.9. The molecule has 0 bridgehead atoms. The van der Waals surface area contributed by atoms with E-state index in [0.29, 0.717) is 18.9 Å². The molecule has 5 nitrogen and oxygen atoms in total. The first-order chi connectivity index (χ1) is 8.88. The highest BCUT2D eigenvalue weighted by Gasteiger charge is 2.23. The zero-order valence-corrected chi connectivity index (χ0v) is 12.9. The standard InChI is InChI=1S/C14H29N3O2/c1-10(2)9-12(18)17-13(11(3)4)14(19)16-8-6-7-15-5/h10-11,13,15H,6-9H2,1-5H3,(H,16,19)(H,17,18). The predicted molar refractivity (Wildman–Crippen MR) is 77.8 cm³/mol. The van der Waals surface area contributed by atoms with Gasteiger partial charge in [-0.2, -0.15) is 0 Å². The van der Waals surface area contributed by atoms with Gasteiger partial charge in [0, 0.05) is 13.0 Å². The first kappa shape index (κ1) is 17.9. The fourth-order valence-electron chi connectivity index (χ4n) is 1.72. The minimum Gasteiger partial charge on any atom is -0.354 e. The number of hydrogen-bond donors (Lipinski definition) is 3. The van der Waals surface area contributed by atoms with Crippen molar-refractivity contribution in [1.29, 1.82) is 0 Å². The normalized spacial score (nSPS) is 12.6. The van der Waals surface area contributed by atoms with Crippen molar-refractivity contribution in [3.63, 3.8) is 0 Å². The molecule has 0 fully saturated rings. The van der Waals surface area contributed by atoms with E-state index in [-0.39, 0.29) is 17.7 Å². The van der Waals surface area contributed by atoms with E-state index in [4.69, 9.17) is 0 Å². The van der Waals surface area contributed by atoms with Gasteiger partial charge in [0.2, 0.25) is 11.8 Å². The van der Waals surface area contributed by atoms with Crippen LogP contribution in [0.15, 0.2) is 0 Å². The van der Waals surface area contributed by atoms with Crippen LogP contribution in [0.4, 0.5) is 0 Å². The van der Waals surface area contributed by atoms with E-state index in [1.54, 1.807) is 0 Å². The van der Waals surface area contributed by atoms with Crippen molar-refractivity contribution in [1.82, 2.24) is 16.0 Å². The first-order valence-electron chi connectivity index (χ1n) is 7.10. The Balaban J connectivity index is 4.23. The van der Waals surface area contributed by atoms with Crippen LogP contribution in [0.2, 0.25) is 0 Å². The third kappa shape index (κ3) is 8.59. The van der Waals surface area contributed by atoms with E-state index in [2.05, 4.69) is 16.0 Å². The maximum Gasteiger partial charge on any atom is 0.242 e. The molecule has 0 aromatic rings. The van der Waals surface area contributed by atoms with Gasteiger partial charge in [-0.05, 0) is 31.8 Å². The second-order valence-corrected chi connectivity index (χ2v) is 5.64. The Kier molecular flexibility index (Phi) is 9.21. The van der Waals surface area contributed by atoms with Gasteiger partial charge >= 0.3 is 0 Å². The van der Waals surface area contributed by atoms with Crippen LogP contribution in [-0.4, -0.2) is 38.0 Å². The highest BCUT2D eigenvalue weighted by Crippen LogP contribution is 2.05. The molecule has 0 aromatic carbocycles. The SMILES string of the molecule is CNCCCNC(=O)C(NC(=O)CC(C)C)C(C)C. The van der Waals surface area contributed by atoms with E-state index in [0.717, 1.165) is 13.0 Å². The van der Waals surface area contributed by atoms with Crippen LogP contribution in [0.25, 0.3) is 0 Å². The Morgan fingerprint density at radius 2 is 1.68 bits per heavy atom. The molecule has 0 spiro atoms. The molecule has 0 aliphatic heterocycles. The Bertz CT molecular complexity index is 278. The van der Waals surface area contributed by atoms with Crippen LogP contribution in [0, 0.1) is 11.8 Å². The second-order valence-electron chi connectivity index (χ2n) is 5.64. The van der Waals surface area contributed by atoms with Crippen molar-refractivity contribution >= 4 is 11.8 Å². The van der Waals surface area contributed by atoms with Crippen LogP contribution >= 0.6 is 0 Å². The molecule has 0 aliphatic carbocycles. The van der Waals surface area contributed by atoms with Crippen molar-refractivity contribution in [3.05, 3.63) is 0 Å². The molecule has 1 unspecified atom stereocenters. The average Bonchev–Trinajstić information content (AvgIpc) is 2.30. The number of nitrogens with one attached hydrogen (secondary N) is 3. The number of amides is 2. The van der Waals surface area contributed by atoms with Crippen LogP contribution < -0.4 is 16.0 Å². The highest BCUT2D eigenvalue weighted by molar-refractivity contribution is 5.87. The van der Waals surface area contributed by atoms with E-state index in [1.807, 2.05) is 34.7 Å². The summed E-state index contributed by atoms with van der Waals surface area (Å²) in [5, 5.41) is 8.71. The Morgan fingerprint density at radius 1 is 1.05 bits per heavy atom. The third-order valence-corrected chi connectivity index (χ3v) is 2.76. The summed E-state index contributed by atoms with van der Waals surface area (Å²) >= 11 is 0. The molecule has 0 saturated carbocycles. The second kappa shape index (κ2) is 9.78. The lowest BCUT2D eigenvalue weighted by molar-refractivity contribution is -0.130. The summed E-state index contributed by atoms with van der Waals surface area (Å²) in [6.45, 7) is 9.35. The van der Waals surface area contributed by atoms with Crippen molar-refractivity contribution < 1.29 is 9.59 Å². The topological polar surface area (TPSA) is 70.2 Å². The van der Waals surface area contributed by atoms with Crippen molar-refractivity contribution in [2.24, 2.45) is 11.8 Å². The molecular weight excluding hydrogens is 242 g/mol. The Morgan fingerprint density at radius 3 is 2.16 bits per heavy atom. The van der Waals surface area contributed by atoms with E-state index in [1.165, 1.54) is 0 Å². The fourth-order valence-corrected chi connectivity index (χ4v) is 1.72. The lowest BCUT2D eigenvalue weighted by Crippen LogP contribution is -2.50. The third-order valence-electron chi connectivity index (χ3n) is 2.76. The molecule has 0 saturated heterocycles. The quantitative estimate of drug-likeness (QED) is 0.546. The summed E-state index contributed by atoms with van der Waals surface area (Å²) in [4.78, 5) is 23.8. The summed E-state index contributed by atoms with van der Waals surface area (Å²) < 4.78 is 0. The van der Waals surface area contributed by atoms with Gasteiger partial charge in [0.15, 0.2) is 0 Å². The minimum absolute atomic E-state index is 0.0564. The van der Waals surface area contributed by atoms with E-state index in [9.17, 15) is 9.59 Å². The molecule has 19 heavy (non-hydrogen) atoms. The minimum atomic E-state index is -0.444. The summed E-state index contributed by atoms with van der Waals surface area (Å²) in [5.74, 6) is 0.231. The number of carbonyl (C=O) groups excluding carboxylic acids is 2. The number of hydrogen-bond acceptors (Lipinski definition) is 3. The zero-order chi connectivity index (χ0) is 14.8. The molecule has 2 amide bonds. The smallest absolute Gasteiger partial charge is 0.242 e. The van der Waals surface area contributed by atoms with Crippen LogP contribution in [0.1, 0.15) is 40.5 Å². The van der Waals surface area contributed by atoms with Gasteiger partial charge in [-0.25, -0.2) is 0 Å². The van der Waals surface area contributed by atoms with Crippen molar-refractivity contribution in [2.75, 3.05) is 20.1 Å². The van der Waals surface area contributed by atoms with E-state index < -0.39 is 6.04 Å². The molecule has 0 radical (unpaired) electrons. The van der Waals surface area contributed by atoms with Gasteiger partial charge in [-0.1, -0.05) is 27.7 Å². The molecular formula is C14H29N3O2. The van der Waals surface area contributed by atoms with Crippen molar-refractivity contribution in [2.45, 2.75) is 46.6 Å². The van der Waals surface area contributed by atoms with Crippen LogP contribution in [0.5, 0.6) is 0 Å². The number of carbonyl (C=O) groups is 2. The largest absolute Gasteiger partial charge is 0.354 e. The van der Waals surface area contributed by atoms with Crippen LogP contribution in [0.3, 0.4) is 0 Å². The molecule has 3 N–H and O–H groups in total. The molecule has 0 heterocycles. The summed E-state index contributed by atoms with van der Waals surface area (Å²) in [7, 11) is 1.88. The Hall–Kier alpha value is -1.10. The maximum absolute atomic E-state index is 12.0. The molecule has 0 aliphatic rings. The first-order valence-corrected chi connectivity index (χ1v) is 7.10. The fraction of sp³-hybridized carbons (Fsp3) is 0.857. The average molecular weight is 271 g/mol. The van der Waals surface area contributed by atoms with Gasteiger partial charge in [-0.15, -0.1) is 0 Å². The van der Waals surface area contributed by atoms with E-state index >= 15 is 0 Å². The van der Waals surface area contributed by atoms with Gasteiger partial charge in [0.25, 0.3) is 0 Å². The maximum atomic E-state index is 12.0. The van der Waals surface area contributed by atoms with Gasteiger partial charge in [-0.3, -0.25) is 9.59 Å². The monoisotopic (exact) mass is 271 g/mol. The molecule has 5 heteroatoms.